The lowest BCUT2D eigenvalue weighted by molar-refractivity contribution is -0.139. The van der Waals surface area contributed by atoms with Gasteiger partial charge in [0.05, 0.1) is 6.54 Å². The predicted octanol–water partition coefficient (Wildman–Crippen LogP) is 2.07. The Kier molecular flexibility index (Phi) is 6.20. The molecule has 2 N–H and O–H groups in total. The second-order valence-corrected chi connectivity index (χ2v) is 6.51. The minimum absolute atomic E-state index is 0.0645. The third-order valence-corrected chi connectivity index (χ3v) is 4.72. The number of hydrogen-bond acceptors (Lipinski definition) is 3. The van der Waals surface area contributed by atoms with E-state index in [1.807, 2.05) is 43.0 Å². The van der Waals surface area contributed by atoms with Crippen molar-refractivity contribution in [2.24, 2.45) is 0 Å². The molecule has 6 heteroatoms. The Morgan fingerprint density at radius 3 is 2.54 bits per heavy atom. The highest BCUT2D eigenvalue weighted by Gasteiger charge is 2.35. The zero-order valence-corrected chi connectivity index (χ0v) is 14.7. The van der Waals surface area contributed by atoms with E-state index in [4.69, 9.17) is 5.11 Å². The molecule has 2 rings (SSSR count). The number of aryl methyl sites for hydroxylation is 1. The number of nitrogens with zero attached hydrogens (tertiary/aromatic N) is 2. The van der Waals surface area contributed by atoms with Gasteiger partial charge in [0.25, 0.3) is 0 Å². The lowest BCUT2D eigenvalue weighted by atomic mass is 9.85. The van der Waals surface area contributed by atoms with Crippen molar-refractivity contribution in [1.29, 1.82) is 0 Å². The lowest BCUT2D eigenvalue weighted by Crippen LogP contribution is -2.56. The standard InChI is InChI=1S/C18H27N3O3/c1-4-21(12-17(22)23)16-9-15(10-16)19-18(24)20(3)11-14-8-6-5-7-13(14)2/h5-8,15-16H,4,9-12H2,1-3H3,(H,19,24)(H,22,23). The van der Waals surface area contributed by atoms with Crippen molar-refractivity contribution >= 4 is 12.0 Å². The van der Waals surface area contributed by atoms with Crippen LogP contribution in [0.2, 0.25) is 0 Å². The van der Waals surface area contributed by atoms with E-state index < -0.39 is 5.97 Å². The number of carbonyl (C=O) groups is 2. The topological polar surface area (TPSA) is 72.9 Å². The molecule has 0 heterocycles. The largest absolute Gasteiger partial charge is 0.480 e. The zero-order chi connectivity index (χ0) is 17.7. The van der Waals surface area contributed by atoms with Crippen LogP contribution in [-0.2, 0) is 11.3 Å². The summed E-state index contributed by atoms with van der Waals surface area (Å²) in [6.07, 6.45) is 1.62. The number of nitrogens with one attached hydrogen (secondary N) is 1. The van der Waals surface area contributed by atoms with Gasteiger partial charge in [0, 0.05) is 25.7 Å². The highest BCUT2D eigenvalue weighted by atomic mass is 16.4. The molecule has 132 valence electrons. The lowest BCUT2D eigenvalue weighted by Gasteiger charge is -2.42. The molecule has 0 aliphatic heterocycles. The maximum absolute atomic E-state index is 12.3. The number of amides is 2. The zero-order valence-electron chi connectivity index (χ0n) is 14.7. The quantitative estimate of drug-likeness (QED) is 0.801. The molecule has 0 bridgehead atoms. The van der Waals surface area contributed by atoms with Crippen molar-refractivity contribution in [1.82, 2.24) is 15.1 Å². The summed E-state index contributed by atoms with van der Waals surface area (Å²) in [6, 6.07) is 8.34. The number of carboxylic acids is 1. The number of likely N-dealkylation sites (N-methyl/N-ethyl adjacent to an activating group) is 1. The Balaban J connectivity index is 1.78. The number of benzene rings is 1. The minimum atomic E-state index is -0.803. The van der Waals surface area contributed by atoms with E-state index >= 15 is 0 Å². The molecule has 24 heavy (non-hydrogen) atoms. The molecule has 0 spiro atoms. The van der Waals surface area contributed by atoms with Gasteiger partial charge in [0.2, 0.25) is 0 Å². The van der Waals surface area contributed by atoms with Crippen LogP contribution in [0.1, 0.15) is 30.9 Å². The van der Waals surface area contributed by atoms with Gasteiger partial charge in [-0.3, -0.25) is 9.69 Å². The Hall–Kier alpha value is -2.08. The third kappa shape index (κ3) is 4.71. The molecule has 0 aromatic heterocycles. The van der Waals surface area contributed by atoms with Gasteiger partial charge in [-0.15, -0.1) is 0 Å². The van der Waals surface area contributed by atoms with Crippen LogP contribution in [0.3, 0.4) is 0 Å². The van der Waals surface area contributed by atoms with Gasteiger partial charge in [0.1, 0.15) is 0 Å². The van der Waals surface area contributed by atoms with Gasteiger partial charge < -0.3 is 15.3 Å². The summed E-state index contributed by atoms with van der Waals surface area (Å²) in [5, 5.41) is 11.9. The number of urea groups is 1. The first-order valence-corrected chi connectivity index (χ1v) is 8.42. The molecule has 0 atom stereocenters. The van der Waals surface area contributed by atoms with E-state index in [0.717, 1.165) is 18.4 Å². The second-order valence-electron chi connectivity index (χ2n) is 6.51. The molecular formula is C18H27N3O3. The van der Waals surface area contributed by atoms with E-state index in [1.165, 1.54) is 5.56 Å². The van der Waals surface area contributed by atoms with Gasteiger partial charge >= 0.3 is 12.0 Å². The van der Waals surface area contributed by atoms with Gasteiger partial charge in [-0.25, -0.2) is 4.79 Å². The fraction of sp³-hybridized carbons (Fsp3) is 0.556. The van der Waals surface area contributed by atoms with Crippen LogP contribution in [0.5, 0.6) is 0 Å². The summed E-state index contributed by atoms with van der Waals surface area (Å²) in [5.41, 5.74) is 2.31. The van der Waals surface area contributed by atoms with Crippen molar-refractivity contribution in [3.63, 3.8) is 0 Å². The number of carbonyl (C=O) groups excluding carboxylic acids is 1. The Morgan fingerprint density at radius 2 is 1.96 bits per heavy atom. The second kappa shape index (κ2) is 8.15. The summed E-state index contributed by atoms with van der Waals surface area (Å²) in [4.78, 5) is 26.8. The predicted molar refractivity (Wildman–Crippen MR) is 92.9 cm³/mol. The summed E-state index contributed by atoms with van der Waals surface area (Å²) in [5.74, 6) is -0.803. The van der Waals surface area contributed by atoms with Crippen molar-refractivity contribution in [3.05, 3.63) is 35.4 Å². The van der Waals surface area contributed by atoms with Crippen LogP contribution < -0.4 is 5.32 Å². The van der Waals surface area contributed by atoms with E-state index in [1.54, 1.807) is 11.9 Å². The number of aliphatic carboxylic acids is 1. The summed E-state index contributed by atoms with van der Waals surface area (Å²) < 4.78 is 0. The van der Waals surface area contributed by atoms with E-state index in [9.17, 15) is 9.59 Å². The highest BCUT2D eigenvalue weighted by molar-refractivity contribution is 5.74. The Labute approximate surface area is 143 Å². The fourth-order valence-corrected chi connectivity index (χ4v) is 3.08. The normalized spacial score (nSPS) is 19.7. The molecule has 0 radical (unpaired) electrons. The van der Waals surface area contributed by atoms with Crippen molar-refractivity contribution in [2.45, 2.75) is 45.3 Å². The van der Waals surface area contributed by atoms with Crippen molar-refractivity contribution in [2.75, 3.05) is 20.1 Å². The summed E-state index contributed by atoms with van der Waals surface area (Å²) >= 11 is 0. The molecule has 0 unspecified atom stereocenters. The first-order chi connectivity index (χ1) is 11.4. The van der Waals surface area contributed by atoms with E-state index in [0.29, 0.717) is 13.1 Å². The summed E-state index contributed by atoms with van der Waals surface area (Å²) in [7, 11) is 1.79. The van der Waals surface area contributed by atoms with E-state index in [-0.39, 0.29) is 24.7 Å². The SMILES string of the molecule is CCN(CC(=O)O)C1CC(NC(=O)N(C)Cc2ccccc2C)C1. The molecule has 1 aromatic rings. The molecule has 1 aliphatic rings. The summed E-state index contributed by atoms with van der Waals surface area (Å²) in [6.45, 7) is 5.36. The van der Waals surface area contributed by atoms with Crippen LogP contribution in [0.25, 0.3) is 0 Å². The van der Waals surface area contributed by atoms with Crippen LogP contribution >= 0.6 is 0 Å². The average Bonchev–Trinajstić information content (AvgIpc) is 2.50. The number of carboxylic acid groups (broad SMARTS) is 1. The van der Waals surface area contributed by atoms with E-state index in [2.05, 4.69) is 5.32 Å². The molecule has 1 fully saturated rings. The van der Waals surface area contributed by atoms with Gasteiger partial charge in [-0.1, -0.05) is 31.2 Å². The third-order valence-electron chi connectivity index (χ3n) is 4.72. The highest BCUT2D eigenvalue weighted by Crippen LogP contribution is 2.25. The number of rotatable bonds is 7. The van der Waals surface area contributed by atoms with Crippen molar-refractivity contribution < 1.29 is 14.7 Å². The maximum Gasteiger partial charge on any atom is 0.317 e. The Bertz CT molecular complexity index is 585. The van der Waals surface area contributed by atoms with Crippen LogP contribution in [0, 0.1) is 6.92 Å². The van der Waals surface area contributed by atoms with Crippen LogP contribution in [-0.4, -0.2) is 59.1 Å². The number of hydrogen-bond donors (Lipinski definition) is 2. The average molecular weight is 333 g/mol. The molecule has 2 amide bonds. The monoisotopic (exact) mass is 333 g/mol. The smallest absolute Gasteiger partial charge is 0.317 e. The first kappa shape index (κ1) is 18.3. The fourth-order valence-electron chi connectivity index (χ4n) is 3.08. The molecule has 6 nitrogen and oxygen atoms in total. The first-order valence-electron chi connectivity index (χ1n) is 8.42. The Morgan fingerprint density at radius 1 is 1.29 bits per heavy atom. The van der Waals surface area contributed by atoms with Crippen LogP contribution in [0.15, 0.2) is 24.3 Å². The van der Waals surface area contributed by atoms with Gasteiger partial charge in [-0.2, -0.15) is 0 Å². The van der Waals surface area contributed by atoms with Crippen molar-refractivity contribution in [3.8, 4) is 0 Å². The van der Waals surface area contributed by atoms with Crippen LogP contribution in [0.4, 0.5) is 4.79 Å². The molecule has 0 saturated heterocycles. The molecular weight excluding hydrogens is 306 g/mol. The maximum atomic E-state index is 12.3. The molecule has 1 saturated carbocycles. The van der Waals surface area contributed by atoms with Gasteiger partial charge in [0.15, 0.2) is 0 Å². The molecule has 1 aromatic carbocycles. The minimum Gasteiger partial charge on any atom is -0.480 e. The molecule has 1 aliphatic carbocycles. The van der Waals surface area contributed by atoms with Gasteiger partial charge in [-0.05, 0) is 37.4 Å².